The minimum Gasteiger partial charge on any atom is -0.421 e. The van der Waals surface area contributed by atoms with Crippen LogP contribution < -0.4 is 0 Å². The lowest BCUT2D eigenvalue weighted by Gasteiger charge is -1.98. The van der Waals surface area contributed by atoms with Crippen LogP contribution in [0.3, 0.4) is 0 Å². The molecule has 0 aliphatic rings. The van der Waals surface area contributed by atoms with E-state index in [1.807, 2.05) is 6.92 Å². The van der Waals surface area contributed by atoms with Crippen molar-refractivity contribution in [3.63, 3.8) is 0 Å². The van der Waals surface area contributed by atoms with Crippen molar-refractivity contribution in [2.45, 2.75) is 6.92 Å². The number of allylic oxidation sites excluding steroid dienone is 1. The van der Waals surface area contributed by atoms with Crippen molar-refractivity contribution >= 4 is 5.57 Å². The molecule has 14 heavy (non-hydrogen) atoms. The van der Waals surface area contributed by atoms with Gasteiger partial charge in [0.1, 0.15) is 0 Å². The van der Waals surface area contributed by atoms with E-state index >= 15 is 0 Å². The molecule has 2 rings (SSSR count). The highest BCUT2D eigenvalue weighted by molar-refractivity contribution is 5.58. The first-order valence-electron chi connectivity index (χ1n) is 4.03. The number of rotatable bonds is 2. The third-order valence-corrected chi connectivity index (χ3v) is 1.64. The van der Waals surface area contributed by atoms with Crippen molar-refractivity contribution < 1.29 is 4.42 Å². The molecule has 5 nitrogen and oxygen atoms in total. The molecule has 2 aromatic heterocycles. The van der Waals surface area contributed by atoms with E-state index in [-0.39, 0.29) is 0 Å². The minimum absolute atomic E-state index is 0.313. The molecule has 0 atom stereocenters. The highest BCUT2D eigenvalue weighted by atomic mass is 16.4. The largest absolute Gasteiger partial charge is 0.421 e. The molecule has 0 aliphatic carbocycles. The summed E-state index contributed by atoms with van der Waals surface area (Å²) in [7, 11) is 0. The molecule has 70 valence electrons. The number of hydrogen-bond acceptors (Lipinski definition) is 5. The predicted molar refractivity (Wildman–Crippen MR) is 50.0 cm³/mol. The number of nitrogens with zero attached hydrogens (tertiary/aromatic N) is 4. The third kappa shape index (κ3) is 1.52. The van der Waals surface area contributed by atoms with Crippen LogP contribution in [0.4, 0.5) is 0 Å². The van der Waals surface area contributed by atoms with Crippen molar-refractivity contribution in [1.29, 1.82) is 0 Å². The molecule has 0 fully saturated rings. The lowest BCUT2D eigenvalue weighted by Crippen LogP contribution is -1.92. The smallest absolute Gasteiger partial charge is 0.285 e. The highest BCUT2D eigenvalue weighted by Gasteiger charge is 2.07. The Hall–Kier alpha value is -2.04. The molecule has 0 spiro atoms. The van der Waals surface area contributed by atoms with Crippen LogP contribution in [0.25, 0.3) is 17.3 Å². The van der Waals surface area contributed by atoms with E-state index in [2.05, 4.69) is 26.7 Å². The van der Waals surface area contributed by atoms with Gasteiger partial charge in [0.05, 0.1) is 5.69 Å². The summed E-state index contributed by atoms with van der Waals surface area (Å²) in [4.78, 5) is 8.22. The SMILES string of the molecule is C=C(C)c1ccnc(-c2nnco2)n1. The summed E-state index contributed by atoms with van der Waals surface area (Å²) in [6.07, 6.45) is 2.88. The van der Waals surface area contributed by atoms with Crippen molar-refractivity contribution in [3.8, 4) is 11.7 Å². The normalized spacial score (nSPS) is 10.1. The van der Waals surface area contributed by atoms with Crippen molar-refractivity contribution in [3.05, 3.63) is 30.9 Å². The maximum absolute atomic E-state index is 4.98. The molecule has 0 aliphatic heterocycles. The van der Waals surface area contributed by atoms with Crippen molar-refractivity contribution in [2.75, 3.05) is 0 Å². The van der Waals surface area contributed by atoms with Crippen LogP contribution >= 0.6 is 0 Å². The summed E-state index contributed by atoms with van der Waals surface area (Å²) >= 11 is 0. The molecule has 2 aromatic rings. The van der Waals surface area contributed by atoms with E-state index in [1.54, 1.807) is 12.3 Å². The van der Waals surface area contributed by atoms with Crippen LogP contribution in [0, 0.1) is 0 Å². The van der Waals surface area contributed by atoms with Gasteiger partial charge in [-0.3, -0.25) is 0 Å². The average Bonchev–Trinajstić information content (AvgIpc) is 2.71. The molecule has 0 radical (unpaired) electrons. The maximum atomic E-state index is 4.98. The summed E-state index contributed by atoms with van der Waals surface area (Å²) in [5.41, 5.74) is 1.64. The average molecular weight is 188 g/mol. The summed E-state index contributed by atoms with van der Waals surface area (Å²) in [5.74, 6) is 0.733. The monoisotopic (exact) mass is 188 g/mol. The van der Waals surface area contributed by atoms with Crippen LogP contribution in [-0.4, -0.2) is 20.2 Å². The van der Waals surface area contributed by atoms with Gasteiger partial charge in [-0.25, -0.2) is 9.97 Å². The van der Waals surface area contributed by atoms with E-state index in [0.717, 1.165) is 11.3 Å². The summed E-state index contributed by atoms with van der Waals surface area (Å²) < 4.78 is 4.98. The molecule has 0 aromatic carbocycles. The first-order chi connectivity index (χ1) is 6.77. The molecular weight excluding hydrogens is 180 g/mol. The molecule has 5 heteroatoms. The van der Waals surface area contributed by atoms with Gasteiger partial charge in [0.25, 0.3) is 5.89 Å². The lowest BCUT2D eigenvalue weighted by molar-refractivity contribution is 0.563. The fourth-order valence-electron chi connectivity index (χ4n) is 0.970. The van der Waals surface area contributed by atoms with Crippen LogP contribution in [-0.2, 0) is 0 Å². The lowest BCUT2D eigenvalue weighted by atomic mass is 10.2. The van der Waals surface area contributed by atoms with Gasteiger partial charge in [0, 0.05) is 6.20 Å². The van der Waals surface area contributed by atoms with Crippen molar-refractivity contribution in [2.24, 2.45) is 0 Å². The van der Waals surface area contributed by atoms with Crippen LogP contribution in [0.15, 0.2) is 29.7 Å². The van der Waals surface area contributed by atoms with E-state index in [1.165, 1.54) is 6.39 Å². The molecule has 0 saturated carbocycles. The Morgan fingerprint density at radius 2 is 2.36 bits per heavy atom. The Bertz CT molecular complexity index is 450. The Kier molecular flexibility index (Phi) is 2.06. The van der Waals surface area contributed by atoms with Gasteiger partial charge in [0.15, 0.2) is 0 Å². The maximum Gasteiger partial charge on any atom is 0.285 e. The van der Waals surface area contributed by atoms with Gasteiger partial charge in [-0.2, -0.15) is 0 Å². The third-order valence-electron chi connectivity index (χ3n) is 1.64. The second kappa shape index (κ2) is 3.37. The molecule has 0 bridgehead atoms. The van der Waals surface area contributed by atoms with E-state index in [9.17, 15) is 0 Å². The Morgan fingerprint density at radius 3 is 3.00 bits per heavy atom. The zero-order chi connectivity index (χ0) is 9.97. The van der Waals surface area contributed by atoms with Crippen LogP contribution in [0.1, 0.15) is 12.6 Å². The zero-order valence-electron chi connectivity index (χ0n) is 7.64. The van der Waals surface area contributed by atoms with Crippen LogP contribution in [0.5, 0.6) is 0 Å². The highest BCUT2D eigenvalue weighted by Crippen LogP contribution is 2.13. The first kappa shape index (κ1) is 8.55. The van der Waals surface area contributed by atoms with E-state index in [4.69, 9.17) is 4.42 Å². The summed E-state index contributed by atoms with van der Waals surface area (Å²) in [6, 6.07) is 1.78. The molecule has 0 saturated heterocycles. The Balaban J connectivity index is 2.46. The number of aromatic nitrogens is 4. The topological polar surface area (TPSA) is 64.7 Å². The van der Waals surface area contributed by atoms with Gasteiger partial charge in [-0.15, -0.1) is 10.2 Å². The minimum atomic E-state index is 0.313. The van der Waals surface area contributed by atoms with Gasteiger partial charge in [0.2, 0.25) is 12.2 Å². The van der Waals surface area contributed by atoms with E-state index < -0.39 is 0 Å². The van der Waals surface area contributed by atoms with Crippen molar-refractivity contribution in [1.82, 2.24) is 20.2 Å². The first-order valence-corrected chi connectivity index (χ1v) is 4.03. The molecule has 0 amide bonds. The molecule has 0 unspecified atom stereocenters. The van der Waals surface area contributed by atoms with Gasteiger partial charge < -0.3 is 4.42 Å². The fourth-order valence-corrected chi connectivity index (χ4v) is 0.970. The summed E-state index contributed by atoms with van der Waals surface area (Å²) in [5, 5.41) is 7.27. The molecular formula is C9H8N4O. The number of hydrogen-bond donors (Lipinski definition) is 0. The van der Waals surface area contributed by atoms with Gasteiger partial charge in [-0.1, -0.05) is 6.58 Å². The van der Waals surface area contributed by atoms with Gasteiger partial charge in [-0.05, 0) is 18.6 Å². The van der Waals surface area contributed by atoms with Crippen LogP contribution in [0.2, 0.25) is 0 Å². The quantitative estimate of drug-likeness (QED) is 0.715. The fraction of sp³-hybridized carbons (Fsp3) is 0.111. The molecule has 0 N–H and O–H groups in total. The van der Waals surface area contributed by atoms with E-state index in [0.29, 0.717) is 11.7 Å². The second-order valence-corrected chi connectivity index (χ2v) is 2.79. The Labute approximate surface area is 80.5 Å². The summed E-state index contributed by atoms with van der Waals surface area (Å²) in [6.45, 7) is 5.67. The van der Waals surface area contributed by atoms with Gasteiger partial charge >= 0.3 is 0 Å². The molecule has 2 heterocycles. The zero-order valence-corrected chi connectivity index (χ0v) is 7.64. The standard InChI is InChI=1S/C9H8N4O/c1-6(2)7-3-4-10-8(12-7)9-13-11-5-14-9/h3-5H,1H2,2H3. The Morgan fingerprint density at radius 1 is 1.50 bits per heavy atom. The predicted octanol–water partition coefficient (Wildman–Crippen LogP) is 1.56. The second-order valence-electron chi connectivity index (χ2n) is 2.79.